The molecule has 1 aromatic heterocycles. The molecule has 1 unspecified atom stereocenters. The molecule has 0 saturated carbocycles. The summed E-state index contributed by atoms with van der Waals surface area (Å²) in [5.74, 6) is 0.779. The maximum atomic E-state index is 11.5. The molecule has 7 nitrogen and oxygen atoms in total. The van der Waals surface area contributed by atoms with E-state index < -0.39 is 5.91 Å². The maximum absolute atomic E-state index is 11.5. The van der Waals surface area contributed by atoms with Crippen LogP contribution in [0.3, 0.4) is 0 Å². The summed E-state index contributed by atoms with van der Waals surface area (Å²) in [7, 11) is 3.26. The fourth-order valence-electron chi connectivity index (χ4n) is 3.35. The highest BCUT2D eigenvalue weighted by molar-refractivity contribution is 6.04. The van der Waals surface area contributed by atoms with Crippen LogP contribution in [0.2, 0.25) is 0 Å². The highest BCUT2D eigenvalue weighted by Gasteiger charge is 2.22. The second kappa shape index (κ2) is 7.49. The van der Waals surface area contributed by atoms with Crippen molar-refractivity contribution in [2.75, 3.05) is 20.0 Å². The number of rotatable bonds is 6. The van der Waals surface area contributed by atoms with Gasteiger partial charge in [-0.25, -0.2) is 0 Å². The predicted molar refractivity (Wildman–Crippen MR) is 104 cm³/mol. The zero-order chi connectivity index (χ0) is 19.6. The van der Waals surface area contributed by atoms with Crippen molar-refractivity contribution >= 4 is 22.5 Å². The van der Waals surface area contributed by atoms with Crippen LogP contribution in [-0.2, 0) is 0 Å². The van der Waals surface area contributed by atoms with E-state index in [1.165, 1.54) is 0 Å². The summed E-state index contributed by atoms with van der Waals surface area (Å²) in [6, 6.07) is 11.4. The van der Waals surface area contributed by atoms with Crippen molar-refractivity contribution in [3.8, 4) is 11.5 Å². The standard InChI is InChI=1S/C20H22N4O3/c1-4-12(15-10-11(26-2)8-9-16(15)27-3)13-6-5-7-14-17(21)19(20(22)25)24-23-18(13)14/h5-10,12H,4H2,1-3H3,(H2,21,23)(H2,22,25). The summed E-state index contributed by atoms with van der Waals surface area (Å²) in [6.45, 7) is 2.08. The van der Waals surface area contributed by atoms with E-state index in [-0.39, 0.29) is 17.3 Å². The second-order valence-corrected chi connectivity index (χ2v) is 6.14. The van der Waals surface area contributed by atoms with Gasteiger partial charge in [-0.2, -0.15) is 0 Å². The first-order chi connectivity index (χ1) is 13.0. The molecule has 4 N–H and O–H groups in total. The Kier molecular flexibility index (Phi) is 5.12. The van der Waals surface area contributed by atoms with Gasteiger partial charge < -0.3 is 20.9 Å². The normalized spacial score (nSPS) is 12.0. The van der Waals surface area contributed by atoms with Gasteiger partial charge in [-0.1, -0.05) is 25.1 Å². The summed E-state index contributed by atoms with van der Waals surface area (Å²) < 4.78 is 10.9. The average Bonchev–Trinajstić information content (AvgIpc) is 2.68. The topological polar surface area (TPSA) is 113 Å². The van der Waals surface area contributed by atoms with Crippen LogP contribution in [-0.4, -0.2) is 30.3 Å². The number of hydrogen-bond acceptors (Lipinski definition) is 6. The van der Waals surface area contributed by atoms with E-state index in [4.69, 9.17) is 20.9 Å². The first kappa shape index (κ1) is 18.4. The van der Waals surface area contributed by atoms with Crippen LogP contribution in [0, 0.1) is 0 Å². The van der Waals surface area contributed by atoms with Crippen LogP contribution >= 0.6 is 0 Å². The molecule has 0 aliphatic heterocycles. The Morgan fingerprint density at radius 3 is 2.52 bits per heavy atom. The fourth-order valence-corrected chi connectivity index (χ4v) is 3.35. The molecular weight excluding hydrogens is 344 g/mol. The zero-order valence-electron chi connectivity index (χ0n) is 15.5. The van der Waals surface area contributed by atoms with Crippen molar-refractivity contribution in [1.82, 2.24) is 10.2 Å². The van der Waals surface area contributed by atoms with Gasteiger partial charge in [0.25, 0.3) is 5.91 Å². The molecule has 1 atom stereocenters. The summed E-state index contributed by atoms with van der Waals surface area (Å²) in [6.07, 6.45) is 0.793. The van der Waals surface area contributed by atoms with Crippen molar-refractivity contribution in [2.45, 2.75) is 19.3 Å². The van der Waals surface area contributed by atoms with E-state index >= 15 is 0 Å². The number of amides is 1. The Morgan fingerprint density at radius 2 is 1.89 bits per heavy atom. The number of hydrogen-bond donors (Lipinski definition) is 2. The van der Waals surface area contributed by atoms with Crippen LogP contribution in [0.1, 0.15) is 40.9 Å². The predicted octanol–water partition coefficient (Wildman–Crippen LogP) is 2.87. The Morgan fingerprint density at radius 1 is 1.11 bits per heavy atom. The number of primary amides is 1. The summed E-state index contributed by atoms with van der Waals surface area (Å²) in [4.78, 5) is 11.5. The van der Waals surface area contributed by atoms with Gasteiger partial charge in [0.15, 0.2) is 5.69 Å². The van der Waals surface area contributed by atoms with E-state index in [2.05, 4.69) is 17.1 Å². The third-order valence-electron chi connectivity index (χ3n) is 4.69. The molecule has 0 bridgehead atoms. The van der Waals surface area contributed by atoms with Crippen molar-refractivity contribution in [3.63, 3.8) is 0 Å². The Hall–Kier alpha value is -3.35. The van der Waals surface area contributed by atoms with Gasteiger partial charge in [0.1, 0.15) is 11.5 Å². The van der Waals surface area contributed by atoms with Crippen LogP contribution in [0.15, 0.2) is 36.4 Å². The third kappa shape index (κ3) is 3.23. The monoisotopic (exact) mass is 366 g/mol. The Bertz CT molecular complexity index is 1000. The van der Waals surface area contributed by atoms with E-state index in [1.54, 1.807) is 14.2 Å². The number of nitrogens with zero attached hydrogens (tertiary/aromatic N) is 2. The Balaban J connectivity index is 2.24. The summed E-state index contributed by atoms with van der Waals surface area (Å²) in [5.41, 5.74) is 14.2. The minimum Gasteiger partial charge on any atom is -0.497 e. The summed E-state index contributed by atoms with van der Waals surface area (Å²) in [5, 5.41) is 8.85. The number of carbonyl (C=O) groups is 1. The molecule has 7 heteroatoms. The highest BCUT2D eigenvalue weighted by atomic mass is 16.5. The SMILES string of the molecule is CCC(c1cc(OC)ccc1OC)c1cccc2c(N)c(C(N)=O)nnc12. The minimum atomic E-state index is -0.700. The molecule has 2 aromatic carbocycles. The molecule has 0 spiro atoms. The molecule has 0 fully saturated rings. The van der Waals surface area contributed by atoms with E-state index in [9.17, 15) is 4.79 Å². The minimum absolute atomic E-state index is 0.0214. The van der Waals surface area contributed by atoms with Crippen LogP contribution in [0.5, 0.6) is 11.5 Å². The van der Waals surface area contributed by atoms with Gasteiger partial charge in [0.05, 0.1) is 25.4 Å². The smallest absolute Gasteiger partial charge is 0.271 e. The van der Waals surface area contributed by atoms with Gasteiger partial charge in [0, 0.05) is 16.9 Å². The first-order valence-corrected chi connectivity index (χ1v) is 8.58. The lowest BCUT2D eigenvalue weighted by molar-refractivity contribution is 0.0996. The maximum Gasteiger partial charge on any atom is 0.271 e. The van der Waals surface area contributed by atoms with Crippen molar-refractivity contribution in [2.24, 2.45) is 5.73 Å². The molecule has 140 valence electrons. The van der Waals surface area contributed by atoms with Crippen LogP contribution in [0.25, 0.3) is 10.9 Å². The first-order valence-electron chi connectivity index (χ1n) is 8.58. The molecule has 0 aliphatic carbocycles. The van der Waals surface area contributed by atoms with Gasteiger partial charge >= 0.3 is 0 Å². The number of benzene rings is 2. The number of fused-ring (bicyclic) bond motifs is 1. The van der Waals surface area contributed by atoms with Crippen molar-refractivity contribution < 1.29 is 14.3 Å². The quantitative estimate of drug-likeness (QED) is 0.693. The van der Waals surface area contributed by atoms with Crippen LogP contribution < -0.4 is 20.9 Å². The molecule has 0 radical (unpaired) electrons. The molecule has 3 rings (SSSR count). The lowest BCUT2D eigenvalue weighted by atomic mass is 9.87. The molecule has 1 heterocycles. The molecule has 0 saturated heterocycles. The number of nitrogen functional groups attached to an aromatic ring is 1. The number of carbonyl (C=O) groups excluding carboxylic acids is 1. The molecule has 1 amide bonds. The van der Waals surface area contributed by atoms with Gasteiger partial charge in [-0.15, -0.1) is 10.2 Å². The number of nitrogens with two attached hydrogens (primary N) is 2. The van der Waals surface area contributed by atoms with E-state index in [0.29, 0.717) is 10.9 Å². The fraction of sp³-hybridized carbons (Fsp3) is 0.250. The second-order valence-electron chi connectivity index (χ2n) is 6.14. The van der Waals surface area contributed by atoms with Gasteiger partial charge in [0.2, 0.25) is 0 Å². The number of ether oxygens (including phenoxy) is 2. The molecular formula is C20H22N4O3. The lowest BCUT2D eigenvalue weighted by Crippen LogP contribution is -2.17. The van der Waals surface area contributed by atoms with Crippen molar-refractivity contribution in [3.05, 3.63) is 53.2 Å². The van der Waals surface area contributed by atoms with Crippen LogP contribution in [0.4, 0.5) is 5.69 Å². The highest BCUT2D eigenvalue weighted by Crippen LogP contribution is 2.39. The van der Waals surface area contributed by atoms with Gasteiger partial charge in [-0.3, -0.25) is 4.79 Å². The van der Waals surface area contributed by atoms with Crippen molar-refractivity contribution in [1.29, 1.82) is 0 Å². The summed E-state index contributed by atoms with van der Waals surface area (Å²) >= 11 is 0. The van der Waals surface area contributed by atoms with Gasteiger partial charge in [-0.05, 0) is 30.2 Å². The van der Waals surface area contributed by atoms with E-state index in [1.807, 2.05) is 36.4 Å². The third-order valence-corrected chi connectivity index (χ3v) is 4.69. The Labute approximate surface area is 157 Å². The number of aromatic nitrogens is 2. The largest absolute Gasteiger partial charge is 0.497 e. The zero-order valence-corrected chi connectivity index (χ0v) is 15.5. The average molecular weight is 366 g/mol. The molecule has 0 aliphatic rings. The number of anilines is 1. The number of methoxy groups -OCH3 is 2. The molecule has 27 heavy (non-hydrogen) atoms. The lowest BCUT2D eigenvalue weighted by Gasteiger charge is -2.21. The van der Waals surface area contributed by atoms with E-state index in [0.717, 1.165) is 29.0 Å². The molecule has 3 aromatic rings.